The minimum atomic E-state index is -0.530. The van der Waals surface area contributed by atoms with Crippen LogP contribution < -0.4 is 4.90 Å². The molecular weight excluding hydrogens is 456 g/mol. The van der Waals surface area contributed by atoms with E-state index in [4.69, 9.17) is 27.9 Å². The molecule has 1 fully saturated rings. The van der Waals surface area contributed by atoms with E-state index in [1.165, 1.54) is 0 Å². The van der Waals surface area contributed by atoms with Crippen LogP contribution in [0.5, 0.6) is 5.75 Å². The lowest BCUT2D eigenvalue weighted by Gasteiger charge is -2.27. The maximum atomic E-state index is 14.2. The number of hydrogen-bond acceptors (Lipinski definition) is 7. The quantitative estimate of drug-likeness (QED) is 0.476. The minimum absolute atomic E-state index is 0.0243. The summed E-state index contributed by atoms with van der Waals surface area (Å²) >= 11 is 12.6. The van der Waals surface area contributed by atoms with E-state index in [0.717, 1.165) is 22.9 Å². The zero-order valence-corrected chi connectivity index (χ0v) is 18.7. The van der Waals surface area contributed by atoms with E-state index in [1.54, 1.807) is 23.1 Å². The topological polar surface area (TPSA) is 83.2 Å². The lowest BCUT2D eigenvalue weighted by molar-refractivity contribution is 0.122. The molecule has 32 heavy (non-hydrogen) atoms. The average molecular weight is 476 g/mol. The highest BCUT2D eigenvalue weighted by atomic mass is 35.5. The Kier molecular flexibility index (Phi) is 6.83. The molecule has 7 nitrogen and oxygen atoms in total. The molecule has 2 aromatic carbocycles. The van der Waals surface area contributed by atoms with Crippen molar-refractivity contribution in [3.63, 3.8) is 0 Å². The Labute approximate surface area is 194 Å². The molecule has 0 atom stereocenters. The maximum Gasteiger partial charge on any atom is 0.270 e. The molecule has 3 aromatic rings. The van der Waals surface area contributed by atoms with Gasteiger partial charge in [0.1, 0.15) is 5.75 Å². The van der Waals surface area contributed by atoms with Gasteiger partial charge in [-0.15, -0.1) is 5.11 Å². The van der Waals surface area contributed by atoms with Gasteiger partial charge in [-0.3, -0.25) is 0 Å². The molecule has 1 N–H and O–H groups in total. The van der Waals surface area contributed by atoms with E-state index in [1.807, 2.05) is 19.1 Å². The van der Waals surface area contributed by atoms with Gasteiger partial charge in [0.15, 0.2) is 11.6 Å². The van der Waals surface area contributed by atoms with Crippen molar-refractivity contribution in [2.45, 2.75) is 13.5 Å². The summed E-state index contributed by atoms with van der Waals surface area (Å²) in [6, 6.07) is 9.02. The zero-order valence-electron chi connectivity index (χ0n) is 17.2. The average Bonchev–Trinajstić information content (AvgIpc) is 2.78. The van der Waals surface area contributed by atoms with Gasteiger partial charge in [-0.05, 0) is 36.2 Å². The van der Waals surface area contributed by atoms with E-state index in [-0.39, 0.29) is 29.1 Å². The summed E-state index contributed by atoms with van der Waals surface area (Å²) in [4.78, 5) is 9.83. The zero-order chi connectivity index (χ0) is 22.7. The van der Waals surface area contributed by atoms with Crippen LogP contribution in [0.1, 0.15) is 11.1 Å². The molecule has 10 heteroatoms. The van der Waals surface area contributed by atoms with Gasteiger partial charge in [-0.25, -0.2) is 9.37 Å². The fourth-order valence-corrected chi connectivity index (χ4v) is 4.06. The summed E-state index contributed by atoms with van der Waals surface area (Å²) < 4.78 is 19.5. The molecular formula is C22H20Cl2FN5O2. The number of halogens is 3. The summed E-state index contributed by atoms with van der Waals surface area (Å²) in [5, 5.41) is 19.2. The Bertz CT molecular complexity index is 1150. The van der Waals surface area contributed by atoms with Crippen molar-refractivity contribution in [1.29, 1.82) is 0 Å². The molecule has 0 unspecified atom stereocenters. The molecule has 1 aliphatic heterocycles. The summed E-state index contributed by atoms with van der Waals surface area (Å²) in [5.74, 6) is -0.429. The maximum absolute atomic E-state index is 14.2. The van der Waals surface area contributed by atoms with Crippen molar-refractivity contribution in [3.8, 4) is 16.9 Å². The van der Waals surface area contributed by atoms with Crippen molar-refractivity contribution < 1.29 is 14.2 Å². The summed E-state index contributed by atoms with van der Waals surface area (Å²) in [6.07, 6.45) is 1.07. The second-order valence-electron chi connectivity index (χ2n) is 7.24. The van der Waals surface area contributed by atoms with Crippen molar-refractivity contribution in [1.82, 2.24) is 9.97 Å². The highest BCUT2D eigenvalue weighted by Crippen LogP contribution is 2.38. The normalized spacial score (nSPS) is 14.3. The van der Waals surface area contributed by atoms with Gasteiger partial charge in [0.2, 0.25) is 0 Å². The van der Waals surface area contributed by atoms with E-state index in [9.17, 15) is 9.50 Å². The first-order chi connectivity index (χ1) is 15.4. The van der Waals surface area contributed by atoms with Crippen molar-refractivity contribution in [3.05, 3.63) is 63.5 Å². The first-order valence-corrected chi connectivity index (χ1v) is 10.7. The van der Waals surface area contributed by atoms with E-state index < -0.39 is 5.82 Å². The molecule has 1 aromatic heterocycles. The number of azo groups is 1. The number of aromatic hydroxyl groups is 1. The number of benzene rings is 2. The third-order valence-corrected chi connectivity index (χ3v) is 5.68. The third kappa shape index (κ3) is 4.82. The fraction of sp³-hybridized carbons (Fsp3) is 0.273. The van der Waals surface area contributed by atoms with Gasteiger partial charge in [0, 0.05) is 29.2 Å². The molecule has 0 radical (unpaired) electrons. The first kappa shape index (κ1) is 22.4. The van der Waals surface area contributed by atoms with Gasteiger partial charge in [-0.2, -0.15) is 10.1 Å². The van der Waals surface area contributed by atoms with Crippen LogP contribution in [0.3, 0.4) is 0 Å². The van der Waals surface area contributed by atoms with Crippen molar-refractivity contribution in [2.24, 2.45) is 10.2 Å². The number of rotatable bonds is 5. The van der Waals surface area contributed by atoms with E-state index in [0.29, 0.717) is 36.9 Å². The second kappa shape index (κ2) is 9.77. The monoisotopic (exact) mass is 475 g/mol. The minimum Gasteiger partial charge on any atom is -0.506 e. The number of aromatic nitrogens is 2. The molecule has 0 amide bonds. The molecule has 2 heterocycles. The number of morpholine rings is 1. The third-order valence-electron chi connectivity index (χ3n) is 5.08. The highest BCUT2D eigenvalue weighted by Gasteiger charge is 2.18. The van der Waals surface area contributed by atoms with Crippen LogP contribution in [0.15, 0.2) is 46.8 Å². The Morgan fingerprint density at radius 2 is 1.97 bits per heavy atom. The number of aryl methyl sites for hydroxylation is 1. The molecule has 4 rings (SSSR count). The number of ether oxygens (including phenoxy) is 1. The summed E-state index contributed by atoms with van der Waals surface area (Å²) in [5.41, 5.74) is 3.02. The van der Waals surface area contributed by atoms with Crippen LogP contribution in [0, 0.1) is 12.7 Å². The van der Waals surface area contributed by atoms with Crippen LogP contribution in [0.2, 0.25) is 10.0 Å². The van der Waals surface area contributed by atoms with Gasteiger partial charge in [0.05, 0.1) is 31.0 Å². The molecule has 0 bridgehead atoms. The largest absolute Gasteiger partial charge is 0.506 e. The van der Waals surface area contributed by atoms with Crippen LogP contribution in [-0.4, -0.2) is 41.4 Å². The number of anilines is 1. The molecule has 1 aliphatic rings. The van der Waals surface area contributed by atoms with Gasteiger partial charge >= 0.3 is 0 Å². The fourth-order valence-electron chi connectivity index (χ4n) is 3.49. The van der Waals surface area contributed by atoms with Crippen molar-refractivity contribution >= 4 is 35.0 Å². The first-order valence-electron chi connectivity index (χ1n) is 9.93. The van der Waals surface area contributed by atoms with Crippen LogP contribution >= 0.6 is 23.2 Å². The van der Waals surface area contributed by atoms with Crippen LogP contribution in [-0.2, 0) is 11.3 Å². The molecule has 0 aliphatic carbocycles. The second-order valence-corrected chi connectivity index (χ2v) is 8.05. The van der Waals surface area contributed by atoms with E-state index >= 15 is 0 Å². The lowest BCUT2D eigenvalue weighted by atomic mass is 9.98. The Balaban J connectivity index is 1.58. The van der Waals surface area contributed by atoms with Crippen LogP contribution in [0.25, 0.3) is 11.1 Å². The molecule has 0 saturated carbocycles. The highest BCUT2D eigenvalue weighted by molar-refractivity contribution is 6.34. The van der Waals surface area contributed by atoms with Gasteiger partial charge < -0.3 is 14.7 Å². The Morgan fingerprint density at radius 3 is 2.72 bits per heavy atom. The van der Waals surface area contributed by atoms with Crippen molar-refractivity contribution in [2.75, 3.05) is 31.2 Å². The lowest BCUT2D eigenvalue weighted by Crippen LogP contribution is -2.37. The van der Waals surface area contributed by atoms with Crippen LogP contribution in [0.4, 0.5) is 16.2 Å². The predicted molar refractivity (Wildman–Crippen MR) is 122 cm³/mol. The Morgan fingerprint density at radius 1 is 1.19 bits per heavy atom. The van der Waals surface area contributed by atoms with E-state index in [2.05, 4.69) is 20.2 Å². The van der Waals surface area contributed by atoms with Gasteiger partial charge in [0.25, 0.3) is 5.95 Å². The summed E-state index contributed by atoms with van der Waals surface area (Å²) in [6.45, 7) is 4.04. The molecule has 166 valence electrons. The Hall–Kier alpha value is -2.81. The SMILES string of the molecule is Cc1cccc(Cl)c1-c1cc(Cl)c(O)c(CN=Nc2ncc(F)c(N3CCOCC3)n2)c1. The standard InChI is InChI=1S/C22H20Cl2FN5O2/c1-13-3-2-4-16(23)19(13)14-9-15(20(31)17(24)10-14)11-27-29-22-26-12-18(25)21(28-22)30-5-7-32-8-6-30/h2-4,9-10,12,31H,5-8,11H2,1H3. The smallest absolute Gasteiger partial charge is 0.270 e. The molecule has 0 spiro atoms. The summed E-state index contributed by atoms with van der Waals surface area (Å²) in [7, 11) is 0. The molecule has 1 saturated heterocycles. The number of phenols is 1. The number of phenolic OH excluding ortho intramolecular Hbond substituents is 1. The number of nitrogens with zero attached hydrogens (tertiary/aromatic N) is 5. The van der Waals surface area contributed by atoms with Gasteiger partial charge in [-0.1, -0.05) is 35.3 Å². The predicted octanol–water partition coefficient (Wildman–Crippen LogP) is 5.72. The number of hydrogen-bond donors (Lipinski definition) is 1.